The molecule has 67 heavy (non-hydrogen) atoms. The number of hydrogen-bond donors (Lipinski definition) is 4. The number of rotatable bonds is 51. The maximum absolute atomic E-state index is 12.9. The predicted molar refractivity (Wildman–Crippen MR) is 279 cm³/mol. The summed E-state index contributed by atoms with van der Waals surface area (Å²) >= 11 is 0. The fourth-order valence-corrected chi connectivity index (χ4v) is 9.11. The van der Waals surface area contributed by atoms with Crippen molar-refractivity contribution >= 4 is 5.97 Å². The molecule has 0 aromatic rings. The van der Waals surface area contributed by atoms with Gasteiger partial charge >= 0.3 is 5.97 Å². The number of aliphatic hydroxyl groups is 4. The van der Waals surface area contributed by atoms with Crippen LogP contribution in [0.3, 0.4) is 0 Å². The third-order valence-corrected chi connectivity index (χ3v) is 13.6. The van der Waals surface area contributed by atoms with Crippen molar-refractivity contribution in [2.75, 3.05) is 26.4 Å². The van der Waals surface area contributed by atoms with Crippen LogP contribution in [0.25, 0.3) is 0 Å². The summed E-state index contributed by atoms with van der Waals surface area (Å²) in [5, 5.41) is 40.3. The summed E-state index contributed by atoms with van der Waals surface area (Å²) in [4.78, 5) is 12.9. The maximum Gasteiger partial charge on any atom is 0.306 e. The number of hydrogen-bond acceptors (Lipinski definition) is 9. The van der Waals surface area contributed by atoms with Crippen molar-refractivity contribution in [3.8, 4) is 0 Å². The first-order valence-corrected chi connectivity index (χ1v) is 28.9. The minimum Gasteiger partial charge on any atom is -0.457 e. The van der Waals surface area contributed by atoms with Gasteiger partial charge in [0.15, 0.2) is 6.29 Å². The predicted octanol–water partition coefficient (Wildman–Crippen LogP) is 14.9. The Kier molecular flexibility index (Phi) is 47.2. The summed E-state index contributed by atoms with van der Waals surface area (Å²) in [6, 6.07) is 0. The van der Waals surface area contributed by atoms with E-state index in [-0.39, 0.29) is 19.2 Å². The first-order valence-electron chi connectivity index (χ1n) is 28.9. The van der Waals surface area contributed by atoms with Crippen LogP contribution < -0.4 is 0 Å². The standard InChI is InChI=1S/C58H110O9/c1-3-5-7-9-11-13-15-17-19-21-23-24-25-26-27-28-30-32-34-36-38-40-42-44-46-48-64-50-52(51-65-58-57(63)56(62)55(61)53(49-59)67-58)66-54(60)47-45-43-41-39-37-35-33-31-29-22-20-18-16-14-12-10-8-6-4-2/h12,14,18,20,52-53,55-59,61-63H,3-11,13,15-17,19,21-51H2,1-2H3/b14-12-,20-18-. The van der Waals surface area contributed by atoms with E-state index < -0.39 is 43.4 Å². The molecule has 1 rings (SSSR count). The second-order valence-electron chi connectivity index (χ2n) is 20.1. The van der Waals surface area contributed by atoms with E-state index in [1.807, 2.05) is 0 Å². The average Bonchev–Trinajstić information content (AvgIpc) is 3.33. The molecule has 0 aromatic heterocycles. The molecule has 9 nitrogen and oxygen atoms in total. The van der Waals surface area contributed by atoms with E-state index in [4.69, 9.17) is 18.9 Å². The molecule has 9 heteroatoms. The van der Waals surface area contributed by atoms with Gasteiger partial charge in [-0.2, -0.15) is 0 Å². The minimum atomic E-state index is -1.54. The molecule has 0 saturated carbocycles. The van der Waals surface area contributed by atoms with Crippen molar-refractivity contribution in [3.63, 3.8) is 0 Å². The molecule has 1 aliphatic rings. The Hall–Kier alpha value is -1.33. The van der Waals surface area contributed by atoms with Gasteiger partial charge < -0.3 is 39.4 Å². The summed E-state index contributed by atoms with van der Waals surface area (Å²) < 4.78 is 23.0. The van der Waals surface area contributed by atoms with Gasteiger partial charge in [0.25, 0.3) is 0 Å². The minimum absolute atomic E-state index is 0.110. The van der Waals surface area contributed by atoms with Crippen LogP contribution in [0.5, 0.6) is 0 Å². The van der Waals surface area contributed by atoms with Crippen LogP contribution in [0.4, 0.5) is 0 Å². The monoisotopic (exact) mass is 951 g/mol. The largest absolute Gasteiger partial charge is 0.457 e. The lowest BCUT2D eigenvalue weighted by Gasteiger charge is -2.39. The van der Waals surface area contributed by atoms with Crippen LogP contribution in [0.1, 0.15) is 277 Å². The number of carbonyl (C=O) groups excluding carboxylic acids is 1. The van der Waals surface area contributed by atoms with Gasteiger partial charge in [-0.05, 0) is 44.9 Å². The first kappa shape index (κ1) is 63.7. The SMILES string of the molecule is CCCCC/C=C\C/C=C\CCCCCCCCCCCC(=O)OC(COCCCCCCCCCCCCCCCCCCCCCCCCCCC)COC1OC(CO)C(O)C(O)C1O. The zero-order valence-electron chi connectivity index (χ0n) is 43.9. The van der Waals surface area contributed by atoms with Crippen molar-refractivity contribution in [2.45, 2.75) is 314 Å². The van der Waals surface area contributed by atoms with Gasteiger partial charge in [-0.25, -0.2) is 0 Å². The van der Waals surface area contributed by atoms with E-state index >= 15 is 0 Å². The second-order valence-corrected chi connectivity index (χ2v) is 20.1. The molecule has 0 spiro atoms. The zero-order chi connectivity index (χ0) is 48.5. The van der Waals surface area contributed by atoms with E-state index in [2.05, 4.69) is 38.2 Å². The Morgan fingerprint density at radius 3 is 1.31 bits per heavy atom. The third kappa shape index (κ3) is 40.0. The summed E-state index contributed by atoms with van der Waals surface area (Å²) in [5.41, 5.74) is 0. The molecule has 1 aliphatic heterocycles. The van der Waals surface area contributed by atoms with Gasteiger partial charge in [-0.15, -0.1) is 0 Å². The Bertz CT molecular complexity index is 1080. The molecule has 1 fully saturated rings. The molecule has 6 atom stereocenters. The third-order valence-electron chi connectivity index (χ3n) is 13.6. The normalized spacial score (nSPS) is 19.3. The first-order chi connectivity index (χ1) is 32.9. The van der Waals surface area contributed by atoms with Crippen LogP contribution in [-0.2, 0) is 23.7 Å². The highest BCUT2D eigenvalue weighted by atomic mass is 16.7. The van der Waals surface area contributed by atoms with Gasteiger partial charge in [-0.1, -0.05) is 250 Å². The van der Waals surface area contributed by atoms with E-state index in [0.717, 1.165) is 38.5 Å². The highest BCUT2D eigenvalue weighted by Crippen LogP contribution is 2.23. The van der Waals surface area contributed by atoms with Gasteiger partial charge in [0.05, 0.1) is 19.8 Å². The van der Waals surface area contributed by atoms with Gasteiger partial charge in [0, 0.05) is 13.0 Å². The van der Waals surface area contributed by atoms with Gasteiger partial charge in [0.2, 0.25) is 0 Å². The van der Waals surface area contributed by atoms with Gasteiger partial charge in [-0.3, -0.25) is 4.79 Å². The molecular formula is C58H110O9. The van der Waals surface area contributed by atoms with Crippen LogP contribution in [0.2, 0.25) is 0 Å². The zero-order valence-corrected chi connectivity index (χ0v) is 43.9. The lowest BCUT2D eigenvalue weighted by molar-refractivity contribution is -0.305. The quantitative estimate of drug-likeness (QED) is 0.0267. The molecule has 0 aliphatic carbocycles. The average molecular weight is 952 g/mol. The van der Waals surface area contributed by atoms with Crippen molar-refractivity contribution in [3.05, 3.63) is 24.3 Å². The summed E-state index contributed by atoms with van der Waals surface area (Å²) in [7, 11) is 0. The van der Waals surface area contributed by atoms with E-state index in [1.54, 1.807) is 0 Å². The highest BCUT2D eigenvalue weighted by Gasteiger charge is 2.44. The Balaban J connectivity index is 2.13. The second kappa shape index (κ2) is 49.6. The van der Waals surface area contributed by atoms with Gasteiger partial charge in [0.1, 0.15) is 30.5 Å². The lowest BCUT2D eigenvalue weighted by Crippen LogP contribution is -2.59. The smallest absolute Gasteiger partial charge is 0.306 e. The Morgan fingerprint density at radius 2 is 0.866 bits per heavy atom. The molecule has 1 heterocycles. The molecule has 0 bridgehead atoms. The summed E-state index contributed by atoms with van der Waals surface area (Å²) in [6.07, 6.45) is 53.7. The molecule has 0 amide bonds. The van der Waals surface area contributed by atoms with Crippen molar-refractivity contribution < 1.29 is 44.2 Å². The molecule has 1 saturated heterocycles. The van der Waals surface area contributed by atoms with E-state index in [0.29, 0.717) is 13.0 Å². The number of aliphatic hydroxyl groups excluding tert-OH is 4. The molecule has 0 aromatic carbocycles. The number of unbranched alkanes of at least 4 members (excludes halogenated alkanes) is 36. The number of esters is 1. The fraction of sp³-hybridized carbons (Fsp3) is 0.914. The fourth-order valence-electron chi connectivity index (χ4n) is 9.11. The molecule has 0 radical (unpaired) electrons. The number of carbonyl (C=O) groups is 1. The Morgan fingerprint density at radius 1 is 0.478 bits per heavy atom. The molecule has 4 N–H and O–H groups in total. The number of ether oxygens (including phenoxy) is 4. The molecule has 6 unspecified atom stereocenters. The highest BCUT2D eigenvalue weighted by molar-refractivity contribution is 5.69. The van der Waals surface area contributed by atoms with Crippen molar-refractivity contribution in [2.24, 2.45) is 0 Å². The van der Waals surface area contributed by atoms with Crippen LogP contribution in [0.15, 0.2) is 24.3 Å². The molecular weight excluding hydrogens is 841 g/mol. The Labute approximate surface area is 413 Å². The van der Waals surface area contributed by atoms with Crippen LogP contribution in [-0.4, -0.2) is 89.6 Å². The van der Waals surface area contributed by atoms with Crippen LogP contribution >= 0.6 is 0 Å². The topological polar surface area (TPSA) is 135 Å². The van der Waals surface area contributed by atoms with E-state index in [1.165, 1.54) is 218 Å². The van der Waals surface area contributed by atoms with E-state index in [9.17, 15) is 25.2 Å². The lowest BCUT2D eigenvalue weighted by atomic mass is 9.99. The number of allylic oxidation sites excluding steroid dienone is 4. The van der Waals surface area contributed by atoms with Crippen LogP contribution in [0, 0.1) is 0 Å². The summed E-state index contributed by atoms with van der Waals surface area (Å²) in [6.45, 7) is 4.59. The summed E-state index contributed by atoms with van der Waals surface area (Å²) in [5.74, 6) is -0.312. The maximum atomic E-state index is 12.9. The van der Waals surface area contributed by atoms with Crippen molar-refractivity contribution in [1.29, 1.82) is 0 Å². The molecule has 396 valence electrons. The van der Waals surface area contributed by atoms with Crippen molar-refractivity contribution in [1.82, 2.24) is 0 Å².